The molecular weight excluding hydrogens is 450 g/mol. The van der Waals surface area contributed by atoms with E-state index in [1.165, 1.54) is 6.07 Å². The Kier molecular flexibility index (Phi) is 7.85. The van der Waals surface area contributed by atoms with Gasteiger partial charge in [-0.15, -0.1) is 0 Å². The molecule has 28 heavy (non-hydrogen) atoms. The molecular formula is C18H18BrN3O5S. The van der Waals surface area contributed by atoms with Crippen molar-refractivity contribution in [3.8, 4) is 5.75 Å². The van der Waals surface area contributed by atoms with Gasteiger partial charge in [-0.3, -0.25) is 20.2 Å². The highest BCUT2D eigenvalue weighted by Gasteiger charge is 2.14. The number of carbonyl (C=O) groups is 1. The summed E-state index contributed by atoms with van der Waals surface area (Å²) in [5, 5.41) is 16.4. The average molecular weight is 468 g/mol. The minimum atomic E-state index is -0.476. The fourth-order valence-corrected chi connectivity index (χ4v) is 2.92. The lowest BCUT2D eigenvalue weighted by atomic mass is 10.2. The van der Waals surface area contributed by atoms with Crippen molar-refractivity contribution in [1.29, 1.82) is 0 Å². The molecule has 0 radical (unpaired) electrons. The van der Waals surface area contributed by atoms with Crippen molar-refractivity contribution >= 4 is 50.5 Å². The van der Waals surface area contributed by atoms with Crippen molar-refractivity contribution < 1.29 is 19.2 Å². The Morgan fingerprint density at radius 3 is 2.64 bits per heavy atom. The molecule has 1 amide bonds. The maximum absolute atomic E-state index is 12.4. The molecule has 2 aromatic rings. The van der Waals surface area contributed by atoms with Crippen LogP contribution in [0.2, 0.25) is 0 Å². The molecule has 148 valence electrons. The summed E-state index contributed by atoms with van der Waals surface area (Å²) in [6.45, 7) is 2.48. The Hall–Kier alpha value is -2.56. The topological polar surface area (TPSA) is 103 Å². The number of nitro benzene ring substituents is 1. The van der Waals surface area contributed by atoms with Crippen LogP contribution in [0.1, 0.15) is 15.9 Å². The van der Waals surface area contributed by atoms with Gasteiger partial charge in [0.1, 0.15) is 12.4 Å². The third-order valence-electron chi connectivity index (χ3n) is 3.63. The van der Waals surface area contributed by atoms with Gasteiger partial charge < -0.3 is 14.8 Å². The number of nitrogens with one attached hydrogen (secondary N) is 2. The molecule has 2 rings (SSSR count). The number of halogens is 1. The summed E-state index contributed by atoms with van der Waals surface area (Å²) in [5.41, 5.74) is 1.27. The molecule has 2 aromatic carbocycles. The van der Waals surface area contributed by atoms with Crippen molar-refractivity contribution in [2.75, 3.05) is 25.6 Å². The summed E-state index contributed by atoms with van der Waals surface area (Å²) in [5.74, 6) is 0.157. The number of thiocarbonyl (C=S) groups is 1. The highest BCUT2D eigenvalue weighted by atomic mass is 79.9. The molecule has 0 bridgehead atoms. The molecule has 0 fully saturated rings. The second kappa shape index (κ2) is 10.1. The number of anilines is 1. The van der Waals surface area contributed by atoms with Crippen LogP contribution in [0.5, 0.6) is 5.75 Å². The third kappa shape index (κ3) is 5.98. The fourth-order valence-electron chi connectivity index (χ4n) is 2.22. The maximum Gasteiger partial charge on any atom is 0.274 e. The van der Waals surface area contributed by atoms with Crippen LogP contribution in [0.25, 0.3) is 0 Å². The molecule has 0 aromatic heterocycles. The maximum atomic E-state index is 12.4. The number of benzene rings is 2. The van der Waals surface area contributed by atoms with Crippen LogP contribution in [0, 0.1) is 17.0 Å². The van der Waals surface area contributed by atoms with Crippen LogP contribution in [-0.4, -0.2) is 36.3 Å². The summed E-state index contributed by atoms with van der Waals surface area (Å²) in [7, 11) is 1.58. The van der Waals surface area contributed by atoms with E-state index >= 15 is 0 Å². The highest BCUT2D eigenvalue weighted by Crippen LogP contribution is 2.26. The van der Waals surface area contributed by atoms with E-state index in [4.69, 9.17) is 21.7 Å². The van der Waals surface area contributed by atoms with E-state index in [1.807, 2.05) is 0 Å². The van der Waals surface area contributed by atoms with Crippen LogP contribution in [0.3, 0.4) is 0 Å². The first-order chi connectivity index (χ1) is 13.3. The Labute approximate surface area is 175 Å². The monoisotopic (exact) mass is 467 g/mol. The van der Waals surface area contributed by atoms with E-state index in [2.05, 4.69) is 26.6 Å². The zero-order chi connectivity index (χ0) is 20.7. The number of hydrogen-bond acceptors (Lipinski definition) is 6. The molecule has 0 saturated carbocycles. The summed E-state index contributed by atoms with van der Waals surface area (Å²) in [6.07, 6.45) is 0. The van der Waals surface area contributed by atoms with Crippen LogP contribution in [-0.2, 0) is 4.74 Å². The van der Waals surface area contributed by atoms with Gasteiger partial charge in [0, 0.05) is 30.0 Å². The number of carbonyl (C=O) groups excluding carboxylic acids is 1. The van der Waals surface area contributed by atoms with Gasteiger partial charge in [-0.2, -0.15) is 0 Å². The number of aryl methyl sites for hydroxylation is 1. The van der Waals surface area contributed by atoms with E-state index in [-0.39, 0.29) is 10.8 Å². The van der Waals surface area contributed by atoms with Crippen LogP contribution in [0.4, 0.5) is 11.4 Å². The van der Waals surface area contributed by atoms with Gasteiger partial charge in [-0.05, 0) is 59.3 Å². The molecule has 0 atom stereocenters. The minimum absolute atomic E-state index is 0.0275. The third-order valence-corrected chi connectivity index (χ3v) is 4.45. The number of rotatable bonds is 7. The molecule has 0 saturated heterocycles. The number of methoxy groups -OCH3 is 1. The highest BCUT2D eigenvalue weighted by molar-refractivity contribution is 9.10. The fraction of sp³-hybridized carbons (Fsp3) is 0.222. The normalized spacial score (nSPS) is 10.2. The van der Waals surface area contributed by atoms with Gasteiger partial charge in [0.2, 0.25) is 0 Å². The minimum Gasteiger partial charge on any atom is -0.490 e. The molecule has 0 aliphatic rings. The number of hydrogen-bond donors (Lipinski definition) is 2. The molecule has 0 spiro atoms. The Morgan fingerprint density at radius 1 is 1.25 bits per heavy atom. The lowest BCUT2D eigenvalue weighted by molar-refractivity contribution is -0.385. The van der Waals surface area contributed by atoms with Crippen molar-refractivity contribution in [3.05, 3.63) is 62.1 Å². The smallest absolute Gasteiger partial charge is 0.274 e. The van der Waals surface area contributed by atoms with Crippen molar-refractivity contribution in [2.24, 2.45) is 0 Å². The van der Waals surface area contributed by atoms with Crippen LogP contribution < -0.4 is 15.4 Å². The van der Waals surface area contributed by atoms with Gasteiger partial charge in [-0.1, -0.05) is 6.07 Å². The molecule has 10 heteroatoms. The SMILES string of the molecule is COCCOc1ccc(C(=O)NC(=S)Nc2ccc(C)c([N+](=O)[O-])c2)cc1Br. The first-order valence-corrected chi connectivity index (χ1v) is 9.30. The lowest BCUT2D eigenvalue weighted by Crippen LogP contribution is -2.34. The number of amides is 1. The van der Waals surface area contributed by atoms with Crippen LogP contribution in [0.15, 0.2) is 40.9 Å². The molecule has 0 aliphatic heterocycles. The lowest BCUT2D eigenvalue weighted by Gasteiger charge is -2.12. The zero-order valence-corrected chi connectivity index (χ0v) is 17.6. The van der Waals surface area contributed by atoms with Gasteiger partial charge in [0.05, 0.1) is 16.0 Å². The molecule has 2 N–H and O–H groups in total. The second-order valence-corrected chi connectivity index (χ2v) is 6.92. The van der Waals surface area contributed by atoms with Gasteiger partial charge in [0.25, 0.3) is 11.6 Å². The summed E-state index contributed by atoms with van der Waals surface area (Å²) >= 11 is 8.48. The summed E-state index contributed by atoms with van der Waals surface area (Å²) in [4.78, 5) is 22.9. The number of nitro groups is 1. The Bertz CT molecular complexity index is 907. The van der Waals surface area contributed by atoms with Crippen LogP contribution >= 0.6 is 28.1 Å². The molecule has 0 heterocycles. The predicted molar refractivity (Wildman–Crippen MR) is 113 cm³/mol. The van der Waals surface area contributed by atoms with Crippen molar-refractivity contribution in [1.82, 2.24) is 5.32 Å². The zero-order valence-electron chi connectivity index (χ0n) is 15.2. The average Bonchev–Trinajstić information content (AvgIpc) is 2.64. The van der Waals surface area contributed by atoms with E-state index in [9.17, 15) is 14.9 Å². The number of nitrogens with zero attached hydrogens (tertiary/aromatic N) is 1. The Balaban J connectivity index is 2.00. The molecule has 0 aliphatic carbocycles. The predicted octanol–water partition coefficient (Wildman–Crippen LogP) is 3.82. The summed E-state index contributed by atoms with van der Waals surface area (Å²) < 4.78 is 11.1. The van der Waals surface area contributed by atoms with Gasteiger partial charge in [-0.25, -0.2) is 0 Å². The van der Waals surface area contributed by atoms with Gasteiger partial charge >= 0.3 is 0 Å². The molecule has 0 unspecified atom stereocenters. The second-order valence-electron chi connectivity index (χ2n) is 5.65. The van der Waals surface area contributed by atoms with E-state index in [0.717, 1.165) is 0 Å². The van der Waals surface area contributed by atoms with E-state index < -0.39 is 10.8 Å². The van der Waals surface area contributed by atoms with Gasteiger partial charge in [0.15, 0.2) is 5.11 Å². The van der Waals surface area contributed by atoms with E-state index in [0.29, 0.717) is 40.3 Å². The van der Waals surface area contributed by atoms with Crippen molar-refractivity contribution in [2.45, 2.75) is 6.92 Å². The Morgan fingerprint density at radius 2 is 2.00 bits per heavy atom. The standard InChI is InChI=1S/C18H18BrN3O5S/c1-11-3-5-13(10-15(11)22(24)25)20-18(28)21-17(23)12-4-6-16(14(19)9-12)27-8-7-26-2/h3-6,9-10H,7-8H2,1-2H3,(H2,20,21,23,28). The largest absolute Gasteiger partial charge is 0.490 e. The number of ether oxygens (including phenoxy) is 2. The first kappa shape index (κ1) is 21.7. The summed E-state index contributed by atoms with van der Waals surface area (Å²) in [6, 6.07) is 9.47. The van der Waals surface area contributed by atoms with E-state index in [1.54, 1.807) is 44.4 Å². The van der Waals surface area contributed by atoms with Crippen molar-refractivity contribution in [3.63, 3.8) is 0 Å². The quantitative estimate of drug-likeness (QED) is 0.276. The first-order valence-electron chi connectivity index (χ1n) is 8.10. The molecule has 8 nitrogen and oxygen atoms in total.